The highest BCUT2D eigenvalue weighted by Gasteiger charge is 2.34. The van der Waals surface area contributed by atoms with Gasteiger partial charge >= 0.3 is 6.18 Å². The van der Waals surface area contributed by atoms with Crippen LogP contribution in [-0.2, 0) is 6.18 Å². The van der Waals surface area contributed by atoms with E-state index in [4.69, 9.17) is 15.9 Å². The summed E-state index contributed by atoms with van der Waals surface area (Å²) in [5.74, 6) is -1.40. The molecule has 114 valence electrons. The molecule has 0 bridgehead atoms. The van der Waals surface area contributed by atoms with E-state index in [9.17, 15) is 17.6 Å². The minimum atomic E-state index is -4.80. The zero-order valence-electron chi connectivity index (χ0n) is 10.9. The number of fused-ring (bicyclic) bond motifs is 1. The van der Waals surface area contributed by atoms with Crippen LogP contribution in [-0.4, -0.2) is 4.98 Å². The van der Waals surface area contributed by atoms with Crippen molar-refractivity contribution in [2.45, 2.75) is 6.18 Å². The average Bonchev–Trinajstić information content (AvgIpc) is 2.73. The molecular weight excluding hydrogens is 302 g/mol. The number of hydrogen-bond donors (Lipinski definition) is 2. The topological polar surface area (TPSA) is 78.1 Å². The zero-order chi connectivity index (χ0) is 16.1. The molecule has 3 aromatic rings. The van der Waals surface area contributed by atoms with Crippen LogP contribution >= 0.6 is 0 Å². The van der Waals surface area contributed by atoms with E-state index in [1.165, 1.54) is 18.5 Å². The molecule has 1 aromatic carbocycles. The Bertz CT molecular complexity index is 870. The van der Waals surface area contributed by atoms with Crippen molar-refractivity contribution in [3.63, 3.8) is 0 Å². The summed E-state index contributed by atoms with van der Waals surface area (Å²) in [6.07, 6.45) is -2.14. The number of rotatable bonds is 1. The number of furan rings is 1. The van der Waals surface area contributed by atoms with E-state index < -0.39 is 17.6 Å². The number of hydrogen-bond acceptors (Lipinski definition) is 4. The molecule has 0 aliphatic carbocycles. The van der Waals surface area contributed by atoms with Gasteiger partial charge in [0.05, 0.1) is 17.1 Å². The Labute approximate surface area is 121 Å². The molecule has 22 heavy (non-hydrogen) atoms. The van der Waals surface area contributed by atoms with Gasteiger partial charge in [0.15, 0.2) is 5.58 Å². The Kier molecular flexibility index (Phi) is 2.98. The van der Waals surface area contributed by atoms with Crippen molar-refractivity contribution in [1.82, 2.24) is 4.98 Å². The number of nitrogens with two attached hydrogens (primary N) is 2. The smallest absolute Gasteiger partial charge is 0.419 e. The zero-order valence-corrected chi connectivity index (χ0v) is 10.9. The van der Waals surface area contributed by atoms with Crippen LogP contribution in [0.15, 0.2) is 35.0 Å². The molecule has 0 spiro atoms. The second-order valence-corrected chi connectivity index (χ2v) is 4.63. The number of pyridine rings is 1. The summed E-state index contributed by atoms with van der Waals surface area (Å²) in [4.78, 5) is 3.88. The van der Waals surface area contributed by atoms with E-state index in [1.807, 2.05) is 0 Å². The van der Waals surface area contributed by atoms with Gasteiger partial charge in [0.25, 0.3) is 0 Å². The highest BCUT2D eigenvalue weighted by molar-refractivity contribution is 6.04. The molecule has 0 saturated carbocycles. The van der Waals surface area contributed by atoms with Crippen LogP contribution in [0.4, 0.5) is 29.1 Å². The van der Waals surface area contributed by atoms with E-state index in [1.54, 1.807) is 0 Å². The fraction of sp³-hybridized carbons (Fsp3) is 0.0714. The van der Waals surface area contributed by atoms with Crippen LogP contribution in [0.1, 0.15) is 5.56 Å². The molecule has 0 fully saturated rings. The van der Waals surface area contributed by atoms with Gasteiger partial charge in [-0.1, -0.05) is 6.07 Å². The first-order valence-corrected chi connectivity index (χ1v) is 6.07. The molecule has 4 N–H and O–H groups in total. The first-order chi connectivity index (χ1) is 10.3. The van der Waals surface area contributed by atoms with Gasteiger partial charge in [-0.15, -0.1) is 0 Å². The van der Waals surface area contributed by atoms with E-state index in [2.05, 4.69) is 4.98 Å². The molecule has 0 unspecified atom stereocenters. The first kappa shape index (κ1) is 14.2. The third-order valence-electron chi connectivity index (χ3n) is 3.25. The molecule has 0 aliphatic heterocycles. The predicted octanol–water partition coefficient (Wildman–Crippen LogP) is 3.82. The lowest BCUT2D eigenvalue weighted by molar-refractivity contribution is -0.139. The molecule has 2 heterocycles. The molecule has 0 aliphatic rings. The maximum Gasteiger partial charge on any atom is 0.419 e. The molecule has 0 saturated heterocycles. The van der Waals surface area contributed by atoms with Gasteiger partial charge in [0, 0.05) is 11.8 Å². The summed E-state index contributed by atoms with van der Waals surface area (Å²) in [6.45, 7) is 0. The number of nitrogens with zero attached hydrogens (tertiary/aromatic N) is 1. The Morgan fingerprint density at radius 2 is 1.82 bits per heavy atom. The number of anilines is 2. The molecule has 0 radical (unpaired) electrons. The van der Waals surface area contributed by atoms with Gasteiger partial charge in [-0.3, -0.25) is 4.98 Å². The maximum absolute atomic E-state index is 13.4. The Hall–Kier alpha value is -2.77. The minimum absolute atomic E-state index is 0.0533. The Balaban J connectivity index is 2.29. The second-order valence-electron chi connectivity index (χ2n) is 4.63. The van der Waals surface area contributed by atoms with Crippen LogP contribution in [0.2, 0.25) is 0 Å². The van der Waals surface area contributed by atoms with Crippen LogP contribution in [0.25, 0.3) is 22.1 Å². The fourth-order valence-electron chi connectivity index (χ4n) is 2.22. The monoisotopic (exact) mass is 311 g/mol. The third-order valence-corrected chi connectivity index (χ3v) is 3.25. The summed E-state index contributed by atoms with van der Waals surface area (Å²) in [6, 6.07) is 2.66. The fourth-order valence-corrected chi connectivity index (χ4v) is 2.22. The number of benzene rings is 1. The van der Waals surface area contributed by atoms with Gasteiger partial charge < -0.3 is 15.9 Å². The average molecular weight is 311 g/mol. The summed E-state index contributed by atoms with van der Waals surface area (Å²) >= 11 is 0. The SMILES string of the molecule is Nc1oc2cncc(-c3ccc(F)c(C(F)(F)F)c3)c2c1N. The van der Waals surface area contributed by atoms with Gasteiger partial charge in [0.2, 0.25) is 5.88 Å². The van der Waals surface area contributed by atoms with Gasteiger partial charge in [0.1, 0.15) is 11.5 Å². The summed E-state index contributed by atoms with van der Waals surface area (Å²) in [5.41, 5.74) is 10.7. The Morgan fingerprint density at radius 1 is 1.09 bits per heavy atom. The molecule has 4 nitrogen and oxygen atoms in total. The number of halogens is 4. The van der Waals surface area contributed by atoms with Gasteiger partial charge in [-0.05, 0) is 17.7 Å². The van der Waals surface area contributed by atoms with Gasteiger partial charge in [-0.2, -0.15) is 13.2 Å². The van der Waals surface area contributed by atoms with E-state index in [0.29, 0.717) is 11.5 Å². The number of nitrogen functional groups attached to an aromatic ring is 2. The Morgan fingerprint density at radius 3 is 2.50 bits per heavy atom. The van der Waals surface area contributed by atoms with Crippen LogP contribution in [0.5, 0.6) is 0 Å². The lowest BCUT2D eigenvalue weighted by Crippen LogP contribution is -2.08. The van der Waals surface area contributed by atoms with Crippen molar-refractivity contribution < 1.29 is 22.0 Å². The van der Waals surface area contributed by atoms with Crippen molar-refractivity contribution in [2.75, 3.05) is 11.5 Å². The van der Waals surface area contributed by atoms with Gasteiger partial charge in [-0.25, -0.2) is 4.39 Å². The van der Waals surface area contributed by atoms with Crippen molar-refractivity contribution in [3.8, 4) is 11.1 Å². The number of alkyl halides is 3. The summed E-state index contributed by atoms with van der Waals surface area (Å²) in [7, 11) is 0. The van der Waals surface area contributed by atoms with Crippen molar-refractivity contribution in [1.29, 1.82) is 0 Å². The largest absolute Gasteiger partial charge is 0.437 e. The normalized spacial score (nSPS) is 12.0. The van der Waals surface area contributed by atoms with Crippen LogP contribution in [0.3, 0.4) is 0 Å². The highest BCUT2D eigenvalue weighted by atomic mass is 19.4. The quantitative estimate of drug-likeness (QED) is 0.670. The first-order valence-electron chi connectivity index (χ1n) is 6.07. The second kappa shape index (κ2) is 4.62. The van der Waals surface area contributed by atoms with Crippen molar-refractivity contribution in [3.05, 3.63) is 42.0 Å². The third kappa shape index (κ3) is 2.12. The summed E-state index contributed by atoms with van der Waals surface area (Å²) in [5, 5.41) is 0.340. The van der Waals surface area contributed by atoms with E-state index in [-0.39, 0.29) is 28.3 Å². The molecular formula is C14H9F4N3O. The van der Waals surface area contributed by atoms with E-state index in [0.717, 1.165) is 6.07 Å². The maximum atomic E-state index is 13.4. The molecule has 8 heteroatoms. The van der Waals surface area contributed by atoms with Crippen molar-refractivity contribution in [2.24, 2.45) is 0 Å². The molecule has 0 atom stereocenters. The summed E-state index contributed by atoms with van der Waals surface area (Å²) < 4.78 is 57.0. The van der Waals surface area contributed by atoms with Crippen LogP contribution < -0.4 is 11.5 Å². The lowest BCUT2D eigenvalue weighted by Gasteiger charge is -2.10. The van der Waals surface area contributed by atoms with E-state index >= 15 is 0 Å². The number of aromatic nitrogens is 1. The molecule has 2 aromatic heterocycles. The van der Waals surface area contributed by atoms with Crippen molar-refractivity contribution >= 4 is 22.5 Å². The molecule has 3 rings (SSSR count). The van der Waals surface area contributed by atoms with Crippen LogP contribution in [0, 0.1) is 5.82 Å². The predicted molar refractivity (Wildman–Crippen MR) is 73.2 cm³/mol. The highest BCUT2D eigenvalue weighted by Crippen LogP contribution is 2.39. The minimum Gasteiger partial charge on any atom is -0.437 e. The lowest BCUT2D eigenvalue weighted by atomic mass is 10.0. The standard InChI is InChI=1S/C14H9F4N3O/c15-9-2-1-6(3-8(9)14(16,17)18)7-4-21-5-10-11(7)12(19)13(20)22-10/h1-5H,19-20H2. The molecule has 0 amide bonds.